The first-order valence-electron chi connectivity index (χ1n) is 7.88. The third-order valence-corrected chi connectivity index (χ3v) is 4.43. The number of nitrogens with zero attached hydrogens (tertiary/aromatic N) is 4. The molecule has 0 spiro atoms. The van der Waals surface area contributed by atoms with Gasteiger partial charge in [-0.15, -0.1) is 0 Å². The highest BCUT2D eigenvalue weighted by atomic mass is 35.5. The van der Waals surface area contributed by atoms with Crippen molar-refractivity contribution in [3.8, 4) is 11.5 Å². The smallest absolute Gasteiger partial charge is 0.259 e. The van der Waals surface area contributed by atoms with Crippen LogP contribution in [0, 0.1) is 0 Å². The highest BCUT2D eigenvalue weighted by Gasteiger charge is 2.21. The van der Waals surface area contributed by atoms with E-state index in [1.54, 1.807) is 49.1 Å². The molecule has 136 valence electrons. The molecular formula is C18H19ClN4O3. The summed E-state index contributed by atoms with van der Waals surface area (Å²) in [6.07, 6.45) is 3.16. The number of ether oxygens (including phenoxy) is 2. The Balaban J connectivity index is 1.89. The number of benzene rings is 1. The van der Waals surface area contributed by atoms with Gasteiger partial charge in [0.25, 0.3) is 5.91 Å². The van der Waals surface area contributed by atoms with Gasteiger partial charge in [-0.2, -0.15) is 5.10 Å². The van der Waals surface area contributed by atoms with Crippen LogP contribution in [0.5, 0.6) is 11.5 Å². The van der Waals surface area contributed by atoms with Crippen LogP contribution in [0.15, 0.2) is 30.6 Å². The van der Waals surface area contributed by atoms with Crippen LogP contribution in [0.3, 0.4) is 0 Å². The van der Waals surface area contributed by atoms with Gasteiger partial charge in [0.05, 0.1) is 30.8 Å². The predicted molar refractivity (Wildman–Crippen MR) is 98.9 cm³/mol. The number of carbonyl (C=O) groups excluding carboxylic acids is 1. The maximum absolute atomic E-state index is 12.9. The molecule has 26 heavy (non-hydrogen) atoms. The molecule has 0 bridgehead atoms. The highest BCUT2D eigenvalue weighted by Crippen LogP contribution is 2.29. The van der Waals surface area contributed by atoms with E-state index in [-0.39, 0.29) is 5.91 Å². The molecule has 0 N–H and O–H groups in total. The van der Waals surface area contributed by atoms with Crippen molar-refractivity contribution in [2.24, 2.45) is 7.05 Å². The van der Waals surface area contributed by atoms with Gasteiger partial charge in [0.2, 0.25) is 0 Å². The van der Waals surface area contributed by atoms with E-state index in [0.717, 1.165) is 5.56 Å². The minimum Gasteiger partial charge on any atom is -0.495 e. The van der Waals surface area contributed by atoms with E-state index in [4.69, 9.17) is 21.1 Å². The van der Waals surface area contributed by atoms with E-state index in [1.807, 2.05) is 6.07 Å². The van der Waals surface area contributed by atoms with Gasteiger partial charge in [-0.3, -0.25) is 9.48 Å². The maximum Gasteiger partial charge on any atom is 0.259 e. The van der Waals surface area contributed by atoms with Gasteiger partial charge in [0.15, 0.2) is 5.65 Å². The van der Waals surface area contributed by atoms with Crippen LogP contribution in [-0.2, 0) is 13.6 Å². The van der Waals surface area contributed by atoms with E-state index < -0.39 is 0 Å². The molecule has 7 nitrogen and oxygen atoms in total. The fourth-order valence-corrected chi connectivity index (χ4v) is 3.09. The number of carbonyl (C=O) groups is 1. The van der Waals surface area contributed by atoms with Crippen molar-refractivity contribution in [2.45, 2.75) is 6.54 Å². The van der Waals surface area contributed by atoms with Crippen molar-refractivity contribution in [2.75, 3.05) is 21.3 Å². The normalized spacial score (nSPS) is 10.8. The van der Waals surface area contributed by atoms with Crippen LogP contribution < -0.4 is 9.47 Å². The van der Waals surface area contributed by atoms with E-state index in [0.29, 0.717) is 39.7 Å². The topological polar surface area (TPSA) is 69.5 Å². The molecule has 0 aliphatic rings. The Labute approximate surface area is 156 Å². The van der Waals surface area contributed by atoms with Gasteiger partial charge in [-0.25, -0.2) is 4.98 Å². The van der Waals surface area contributed by atoms with Crippen molar-refractivity contribution < 1.29 is 14.3 Å². The fraction of sp³-hybridized carbons (Fsp3) is 0.278. The Morgan fingerprint density at radius 1 is 1.27 bits per heavy atom. The molecule has 3 rings (SSSR count). The van der Waals surface area contributed by atoms with Gasteiger partial charge in [0, 0.05) is 26.8 Å². The maximum atomic E-state index is 12.9. The summed E-state index contributed by atoms with van der Waals surface area (Å²) in [7, 11) is 6.59. The molecular weight excluding hydrogens is 356 g/mol. The minimum atomic E-state index is -0.202. The van der Waals surface area contributed by atoms with E-state index in [9.17, 15) is 4.79 Å². The predicted octanol–water partition coefficient (Wildman–Crippen LogP) is 2.91. The molecule has 0 aliphatic carbocycles. The number of amides is 1. The number of fused-ring (bicyclic) bond motifs is 1. The largest absolute Gasteiger partial charge is 0.495 e. The number of hydrogen-bond acceptors (Lipinski definition) is 5. The molecule has 8 heteroatoms. The van der Waals surface area contributed by atoms with E-state index >= 15 is 0 Å². The molecule has 0 fully saturated rings. The van der Waals surface area contributed by atoms with Crippen LogP contribution in [-0.4, -0.2) is 46.8 Å². The zero-order chi connectivity index (χ0) is 18.8. The van der Waals surface area contributed by atoms with E-state index in [1.165, 1.54) is 13.3 Å². The third kappa shape index (κ3) is 3.17. The number of pyridine rings is 1. The first-order chi connectivity index (χ1) is 12.5. The molecule has 0 saturated heterocycles. The van der Waals surface area contributed by atoms with Crippen molar-refractivity contribution in [1.29, 1.82) is 0 Å². The Hall–Kier alpha value is -2.80. The zero-order valence-corrected chi connectivity index (χ0v) is 15.7. The first-order valence-corrected chi connectivity index (χ1v) is 8.26. The second-order valence-corrected chi connectivity index (χ2v) is 6.25. The number of rotatable bonds is 5. The Morgan fingerprint density at radius 2 is 2.04 bits per heavy atom. The number of methoxy groups -OCH3 is 2. The standard InChI is InChI=1S/C18H19ClN4O3/c1-22(10-11-5-6-15(25-3)14(19)7-11)18(24)13-8-20-17-12(16(13)26-4)9-21-23(17)2/h5-9H,10H2,1-4H3. The Bertz CT molecular complexity index is 970. The first kappa shape index (κ1) is 18.0. The zero-order valence-electron chi connectivity index (χ0n) is 15.0. The summed E-state index contributed by atoms with van der Waals surface area (Å²) in [4.78, 5) is 18.8. The summed E-state index contributed by atoms with van der Waals surface area (Å²) in [5.41, 5.74) is 1.93. The highest BCUT2D eigenvalue weighted by molar-refractivity contribution is 6.32. The van der Waals surface area contributed by atoms with Gasteiger partial charge < -0.3 is 14.4 Å². The second-order valence-electron chi connectivity index (χ2n) is 5.84. The van der Waals surface area contributed by atoms with Gasteiger partial charge >= 0.3 is 0 Å². The second kappa shape index (κ2) is 7.21. The monoisotopic (exact) mass is 374 g/mol. The molecule has 2 aromatic heterocycles. The minimum absolute atomic E-state index is 0.202. The third-order valence-electron chi connectivity index (χ3n) is 4.13. The lowest BCUT2D eigenvalue weighted by Gasteiger charge is -2.19. The fourth-order valence-electron chi connectivity index (χ4n) is 2.81. The quantitative estimate of drug-likeness (QED) is 0.686. The molecule has 0 atom stereocenters. The average Bonchev–Trinajstić information content (AvgIpc) is 3.01. The van der Waals surface area contributed by atoms with Crippen LogP contribution >= 0.6 is 11.6 Å². The summed E-state index contributed by atoms with van der Waals surface area (Å²) in [5, 5.41) is 5.36. The molecule has 0 radical (unpaired) electrons. The van der Waals surface area contributed by atoms with Gasteiger partial charge in [-0.1, -0.05) is 17.7 Å². The molecule has 3 aromatic rings. The summed E-state index contributed by atoms with van der Waals surface area (Å²) >= 11 is 6.16. The lowest BCUT2D eigenvalue weighted by Crippen LogP contribution is -2.26. The van der Waals surface area contributed by atoms with Crippen LogP contribution in [0.1, 0.15) is 15.9 Å². The van der Waals surface area contributed by atoms with Gasteiger partial charge in [-0.05, 0) is 17.7 Å². The lowest BCUT2D eigenvalue weighted by molar-refractivity contribution is 0.0781. The van der Waals surface area contributed by atoms with Crippen LogP contribution in [0.25, 0.3) is 11.0 Å². The van der Waals surface area contributed by atoms with Crippen molar-refractivity contribution in [3.05, 3.63) is 46.7 Å². The molecule has 0 aliphatic heterocycles. The van der Waals surface area contributed by atoms with Crippen molar-refractivity contribution in [1.82, 2.24) is 19.7 Å². The molecule has 0 unspecified atom stereocenters. The molecule has 1 aromatic carbocycles. The summed E-state index contributed by atoms with van der Waals surface area (Å²) in [6, 6.07) is 5.43. The number of aryl methyl sites for hydroxylation is 1. The van der Waals surface area contributed by atoms with Crippen molar-refractivity contribution in [3.63, 3.8) is 0 Å². The summed E-state index contributed by atoms with van der Waals surface area (Å²) < 4.78 is 12.2. The van der Waals surface area contributed by atoms with Gasteiger partial charge in [0.1, 0.15) is 17.1 Å². The summed E-state index contributed by atoms with van der Waals surface area (Å²) in [6.45, 7) is 0.386. The van der Waals surface area contributed by atoms with Crippen molar-refractivity contribution >= 4 is 28.5 Å². The number of hydrogen-bond donors (Lipinski definition) is 0. The molecule has 2 heterocycles. The van der Waals surface area contributed by atoms with E-state index in [2.05, 4.69) is 10.1 Å². The van der Waals surface area contributed by atoms with Crippen LogP contribution in [0.4, 0.5) is 0 Å². The molecule has 0 saturated carbocycles. The summed E-state index contributed by atoms with van der Waals surface area (Å²) in [5.74, 6) is 0.858. The van der Waals surface area contributed by atoms with Crippen LogP contribution in [0.2, 0.25) is 5.02 Å². The Kier molecular flexibility index (Phi) is 4.99. The number of aromatic nitrogens is 3. The average molecular weight is 375 g/mol. The Morgan fingerprint density at radius 3 is 2.69 bits per heavy atom. The number of halogens is 1. The lowest BCUT2D eigenvalue weighted by atomic mass is 10.1. The SMILES string of the molecule is COc1ccc(CN(C)C(=O)c2cnc3c(cnn3C)c2OC)cc1Cl. The molecule has 1 amide bonds.